The molecule has 1 aromatic heterocycles. The number of rotatable bonds is 3. The van der Waals surface area contributed by atoms with Crippen molar-refractivity contribution in [2.45, 2.75) is 44.5 Å². The van der Waals surface area contributed by atoms with Crippen molar-refractivity contribution in [3.8, 4) is 0 Å². The first kappa shape index (κ1) is 11.7. The highest BCUT2D eigenvalue weighted by atomic mass is 32.1. The smallest absolute Gasteiger partial charge is 0.0731 e. The van der Waals surface area contributed by atoms with Crippen molar-refractivity contribution in [3.63, 3.8) is 0 Å². The normalized spacial score (nSPS) is 29.5. The van der Waals surface area contributed by atoms with Gasteiger partial charge in [0.15, 0.2) is 0 Å². The van der Waals surface area contributed by atoms with Gasteiger partial charge in [-0.2, -0.15) is 0 Å². The zero-order valence-electron chi connectivity index (χ0n) is 10.1. The SMILES string of the molecule is NCc1ccc(CN2CCOC3CCCC32)s1. The van der Waals surface area contributed by atoms with Crippen LogP contribution in [0.2, 0.25) is 0 Å². The average molecular weight is 252 g/mol. The second kappa shape index (κ2) is 5.06. The van der Waals surface area contributed by atoms with E-state index in [1.807, 2.05) is 11.3 Å². The summed E-state index contributed by atoms with van der Waals surface area (Å²) in [6, 6.07) is 5.05. The second-order valence-electron chi connectivity index (χ2n) is 4.95. The lowest BCUT2D eigenvalue weighted by Gasteiger charge is -2.37. The molecular weight excluding hydrogens is 232 g/mol. The lowest BCUT2D eigenvalue weighted by Crippen LogP contribution is -2.47. The lowest BCUT2D eigenvalue weighted by molar-refractivity contribution is -0.0584. The lowest BCUT2D eigenvalue weighted by atomic mass is 10.1. The van der Waals surface area contributed by atoms with Crippen molar-refractivity contribution in [2.24, 2.45) is 5.73 Å². The van der Waals surface area contributed by atoms with Gasteiger partial charge < -0.3 is 10.5 Å². The van der Waals surface area contributed by atoms with Crippen molar-refractivity contribution in [1.82, 2.24) is 4.90 Å². The average Bonchev–Trinajstić information content (AvgIpc) is 2.97. The Bertz CT molecular complexity index is 379. The van der Waals surface area contributed by atoms with Gasteiger partial charge in [0.25, 0.3) is 0 Å². The van der Waals surface area contributed by atoms with Crippen molar-refractivity contribution in [1.29, 1.82) is 0 Å². The minimum atomic E-state index is 0.498. The zero-order chi connectivity index (χ0) is 11.7. The summed E-state index contributed by atoms with van der Waals surface area (Å²) in [6.07, 6.45) is 4.38. The summed E-state index contributed by atoms with van der Waals surface area (Å²) in [6.45, 7) is 3.72. The number of ether oxygens (including phenoxy) is 1. The number of fused-ring (bicyclic) bond motifs is 1. The predicted octanol–water partition coefficient (Wildman–Crippen LogP) is 1.96. The van der Waals surface area contributed by atoms with E-state index in [4.69, 9.17) is 10.5 Å². The van der Waals surface area contributed by atoms with Gasteiger partial charge in [0, 0.05) is 35.4 Å². The van der Waals surface area contributed by atoms with E-state index in [-0.39, 0.29) is 0 Å². The molecule has 2 N–H and O–H groups in total. The standard InChI is InChI=1S/C13H20N2OS/c14-8-10-4-5-11(17-10)9-15-6-7-16-13-3-1-2-12(13)15/h4-5,12-13H,1-3,6-9,14H2. The quantitative estimate of drug-likeness (QED) is 0.893. The monoisotopic (exact) mass is 252 g/mol. The Balaban J connectivity index is 1.67. The Morgan fingerprint density at radius 1 is 1.35 bits per heavy atom. The molecule has 2 aliphatic rings. The summed E-state index contributed by atoms with van der Waals surface area (Å²) in [4.78, 5) is 5.34. The number of hydrogen-bond acceptors (Lipinski definition) is 4. The Hall–Kier alpha value is -0.420. The fourth-order valence-corrected chi connectivity index (χ4v) is 3.94. The van der Waals surface area contributed by atoms with E-state index in [2.05, 4.69) is 17.0 Å². The van der Waals surface area contributed by atoms with Crippen molar-refractivity contribution in [3.05, 3.63) is 21.9 Å². The van der Waals surface area contributed by atoms with Crippen LogP contribution in [0.15, 0.2) is 12.1 Å². The van der Waals surface area contributed by atoms with Crippen LogP contribution in [0.5, 0.6) is 0 Å². The molecule has 1 aliphatic carbocycles. The Labute approximate surface area is 107 Å². The molecule has 2 unspecified atom stereocenters. The zero-order valence-corrected chi connectivity index (χ0v) is 10.9. The number of thiophene rings is 1. The Kier molecular flexibility index (Phi) is 3.47. The fourth-order valence-electron chi connectivity index (χ4n) is 3.02. The van der Waals surface area contributed by atoms with Gasteiger partial charge >= 0.3 is 0 Å². The molecule has 2 fully saturated rings. The predicted molar refractivity (Wildman–Crippen MR) is 70.0 cm³/mol. The number of hydrogen-bond donors (Lipinski definition) is 1. The van der Waals surface area contributed by atoms with Crippen LogP contribution in [0, 0.1) is 0 Å². The maximum Gasteiger partial charge on any atom is 0.0731 e. The molecule has 17 heavy (non-hydrogen) atoms. The maximum atomic E-state index is 5.84. The van der Waals surface area contributed by atoms with E-state index in [9.17, 15) is 0 Å². The van der Waals surface area contributed by atoms with Gasteiger partial charge in [0.1, 0.15) is 0 Å². The minimum absolute atomic E-state index is 0.498. The molecule has 3 rings (SSSR count). The molecule has 1 aromatic rings. The molecule has 94 valence electrons. The second-order valence-corrected chi connectivity index (χ2v) is 6.20. The van der Waals surface area contributed by atoms with Crippen LogP contribution in [0.4, 0.5) is 0 Å². The Morgan fingerprint density at radius 2 is 2.24 bits per heavy atom. The molecule has 0 amide bonds. The van der Waals surface area contributed by atoms with Crippen LogP contribution >= 0.6 is 11.3 Å². The van der Waals surface area contributed by atoms with Crippen LogP contribution in [0.1, 0.15) is 29.0 Å². The van der Waals surface area contributed by atoms with E-state index in [0.717, 1.165) is 19.7 Å². The molecule has 2 heterocycles. The first-order chi connectivity index (χ1) is 8.36. The highest BCUT2D eigenvalue weighted by Gasteiger charge is 2.35. The topological polar surface area (TPSA) is 38.5 Å². The molecule has 4 heteroatoms. The van der Waals surface area contributed by atoms with E-state index in [1.165, 1.54) is 29.0 Å². The van der Waals surface area contributed by atoms with Crippen molar-refractivity contribution in [2.75, 3.05) is 13.2 Å². The molecule has 1 saturated heterocycles. The van der Waals surface area contributed by atoms with Crippen molar-refractivity contribution < 1.29 is 4.74 Å². The van der Waals surface area contributed by atoms with Crippen LogP contribution in [0.3, 0.4) is 0 Å². The van der Waals surface area contributed by atoms with Crippen LogP contribution in [-0.4, -0.2) is 30.2 Å². The van der Waals surface area contributed by atoms with Crippen LogP contribution in [-0.2, 0) is 17.8 Å². The fraction of sp³-hybridized carbons (Fsp3) is 0.692. The van der Waals surface area contributed by atoms with Crippen molar-refractivity contribution >= 4 is 11.3 Å². The highest BCUT2D eigenvalue weighted by molar-refractivity contribution is 7.11. The summed E-state index contributed by atoms with van der Waals surface area (Å²) in [5, 5.41) is 0. The summed E-state index contributed by atoms with van der Waals surface area (Å²) in [7, 11) is 0. The van der Waals surface area contributed by atoms with Crippen LogP contribution in [0.25, 0.3) is 0 Å². The summed E-state index contributed by atoms with van der Waals surface area (Å²) < 4.78 is 5.84. The van der Waals surface area contributed by atoms with E-state index in [1.54, 1.807) is 0 Å². The third kappa shape index (κ3) is 2.40. The third-order valence-electron chi connectivity index (χ3n) is 3.87. The first-order valence-corrected chi connectivity index (χ1v) is 7.32. The molecule has 0 bridgehead atoms. The molecule has 2 atom stereocenters. The molecule has 3 nitrogen and oxygen atoms in total. The minimum Gasteiger partial charge on any atom is -0.375 e. The van der Waals surface area contributed by atoms with Gasteiger partial charge in [-0.1, -0.05) is 0 Å². The van der Waals surface area contributed by atoms with Gasteiger partial charge in [-0.05, 0) is 31.4 Å². The van der Waals surface area contributed by atoms with Gasteiger partial charge in [0.05, 0.1) is 12.7 Å². The number of morpholine rings is 1. The van der Waals surface area contributed by atoms with E-state index < -0.39 is 0 Å². The van der Waals surface area contributed by atoms with Gasteiger partial charge in [-0.3, -0.25) is 4.90 Å². The first-order valence-electron chi connectivity index (χ1n) is 6.50. The van der Waals surface area contributed by atoms with Gasteiger partial charge in [-0.25, -0.2) is 0 Å². The molecule has 1 saturated carbocycles. The van der Waals surface area contributed by atoms with Gasteiger partial charge in [-0.15, -0.1) is 11.3 Å². The summed E-state index contributed by atoms with van der Waals surface area (Å²) >= 11 is 1.85. The van der Waals surface area contributed by atoms with E-state index in [0.29, 0.717) is 18.7 Å². The highest BCUT2D eigenvalue weighted by Crippen LogP contribution is 2.31. The molecule has 0 spiro atoms. The largest absolute Gasteiger partial charge is 0.375 e. The molecule has 0 radical (unpaired) electrons. The molecular formula is C13H20N2OS. The maximum absolute atomic E-state index is 5.84. The number of nitrogens with two attached hydrogens (primary N) is 1. The van der Waals surface area contributed by atoms with Crippen LogP contribution < -0.4 is 5.73 Å². The van der Waals surface area contributed by atoms with Gasteiger partial charge in [0.2, 0.25) is 0 Å². The summed E-state index contributed by atoms with van der Waals surface area (Å²) in [5.41, 5.74) is 5.66. The van der Waals surface area contributed by atoms with E-state index >= 15 is 0 Å². The molecule has 1 aliphatic heterocycles. The summed E-state index contributed by atoms with van der Waals surface area (Å²) in [5.74, 6) is 0. The Morgan fingerprint density at radius 3 is 3.06 bits per heavy atom. The number of nitrogens with zero attached hydrogens (tertiary/aromatic N) is 1. The molecule has 0 aromatic carbocycles. The third-order valence-corrected chi connectivity index (χ3v) is 4.97.